The van der Waals surface area contributed by atoms with Crippen molar-refractivity contribution in [3.8, 4) is 11.1 Å². The lowest BCUT2D eigenvalue weighted by atomic mass is 9.95. The largest absolute Gasteiger partial charge is 0.400 e. The first-order valence-corrected chi connectivity index (χ1v) is 11.4. The third-order valence-electron chi connectivity index (χ3n) is 5.92. The van der Waals surface area contributed by atoms with Gasteiger partial charge in [0.25, 0.3) is 0 Å². The molecule has 2 aromatic rings. The number of aromatic nitrogens is 1. The second-order valence-electron chi connectivity index (χ2n) is 8.05. The molecule has 164 valence electrons. The molecule has 30 heavy (non-hydrogen) atoms. The third kappa shape index (κ3) is 6.59. The summed E-state index contributed by atoms with van der Waals surface area (Å²) >= 11 is 6.50. The summed E-state index contributed by atoms with van der Waals surface area (Å²) in [5, 5.41) is 14.9. The molecule has 1 aliphatic heterocycles. The van der Waals surface area contributed by atoms with Gasteiger partial charge in [-0.25, -0.2) is 4.98 Å². The van der Waals surface area contributed by atoms with Crippen LogP contribution in [0.2, 0.25) is 5.02 Å². The van der Waals surface area contributed by atoms with E-state index in [1.165, 1.54) is 32.1 Å². The molecule has 0 spiro atoms. The fourth-order valence-corrected chi connectivity index (χ4v) is 4.42. The van der Waals surface area contributed by atoms with E-state index in [2.05, 4.69) is 45.9 Å². The average molecular weight is 432 g/mol. The number of ether oxygens (including phenoxy) is 1. The van der Waals surface area contributed by atoms with Crippen molar-refractivity contribution < 1.29 is 9.84 Å². The number of rotatable bonds is 6. The molecule has 0 atom stereocenters. The van der Waals surface area contributed by atoms with Crippen LogP contribution in [-0.2, 0) is 4.74 Å². The fourth-order valence-electron chi connectivity index (χ4n) is 4.20. The van der Waals surface area contributed by atoms with E-state index < -0.39 is 0 Å². The molecule has 2 fully saturated rings. The normalized spacial score (nSPS) is 17.7. The summed E-state index contributed by atoms with van der Waals surface area (Å²) in [6.07, 6.45) is 10.5. The Labute approximate surface area is 185 Å². The van der Waals surface area contributed by atoms with Crippen LogP contribution >= 0.6 is 11.6 Å². The zero-order valence-electron chi connectivity index (χ0n) is 17.9. The molecule has 6 heteroatoms. The molecule has 0 unspecified atom stereocenters. The molecular weight excluding hydrogens is 398 g/mol. The zero-order valence-corrected chi connectivity index (χ0v) is 18.6. The Morgan fingerprint density at radius 3 is 2.60 bits per heavy atom. The monoisotopic (exact) mass is 431 g/mol. The highest BCUT2D eigenvalue weighted by atomic mass is 35.5. The Kier molecular flexibility index (Phi) is 9.25. The maximum atomic E-state index is 7.00. The van der Waals surface area contributed by atoms with Crippen LogP contribution in [0.4, 0.5) is 11.5 Å². The molecule has 1 aliphatic carbocycles. The minimum Gasteiger partial charge on any atom is -0.400 e. The Morgan fingerprint density at radius 2 is 1.83 bits per heavy atom. The van der Waals surface area contributed by atoms with Crippen molar-refractivity contribution in [3.63, 3.8) is 0 Å². The minimum atomic E-state index is 0.530. The van der Waals surface area contributed by atoms with Crippen LogP contribution in [0.3, 0.4) is 0 Å². The van der Waals surface area contributed by atoms with Crippen LogP contribution in [0.25, 0.3) is 11.1 Å². The quantitative estimate of drug-likeness (QED) is 0.556. The SMILES string of the molecule is CO.Clc1cnc(NC2CCCCC2)cc1-c1cccc(NCC2CCOCC2)c1. The number of pyridine rings is 1. The summed E-state index contributed by atoms with van der Waals surface area (Å²) in [6.45, 7) is 2.76. The highest BCUT2D eigenvalue weighted by Gasteiger charge is 2.15. The Hall–Kier alpha value is -1.82. The number of hydrogen-bond donors (Lipinski definition) is 3. The van der Waals surface area contributed by atoms with Gasteiger partial charge in [0.2, 0.25) is 0 Å². The van der Waals surface area contributed by atoms with Crippen molar-refractivity contribution in [2.45, 2.75) is 51.0 Å². The van der Waals surface area contributed by atoms with Crippen LogP contribution in [0, 0.1) is 5.92 Å². The molecule has 1 saturated heterocycles. The predicted molar refractivity (Wildman–Crippen MR) is 125 cm³/mol. The van der Waals surface area contributed by atoms with Gasteiger partial charge < -0.3 is 20.5 Å². The highest BCUT2D eigenvalue weighted by Crippen LogP contribution is 2.32. The average Bonchev–Trinajstić information content (AvgIpc) is 2.82. The van der Waals surface area contributed by atoms with E-state index in [4.69, 9.17) is 21.4 Å². The Morgan fingerprint density at radius 1 is 1.07 bits per heavy atom. The van der Waals surface area contributed by atoms with Gasteiger partial charge in [0, 0.05) is 50.4 Å². The van der Waals surface area contributed by atoms with Gasteiger partial charge in [0.05, 0.1) is 5.02 Å². The topological polar surface area (TPSA) is 66.4 Å². The summed E-state index contributed by atoms with van der Waals surface area (Å²) in [4.78, 5) is 4.51. The first-order chi connectivity index (χ1) is 14.8. The summed E-state index contributed by atoms with van der Waals surface area (Å²) < 4.78 is 5.45. The molecule has 3 N–H and O–H groups in total. The lowest BCUT2D eigenvalue weighted by Gasteiger charge is -2.23. The van der Waals surface area contributed by atoms with E-state index in [9.17, 15) is 0 Å². The standard InChI is InChI=1S/C23H30ClN3O.CH4O/c24-22-16-26-23(27-19-6-2-1-3-7-19)14-21(22)18-5-4-8-20(13-18)25-15-17-9-11-28-12-10-17;1-2/h4-5,8,13-14,16-17,19,25H,1-3,6-7,9-12,15H2,(H,26,27);2H,1H3. The van der Waals surface area contributed by atoms with Gasteiger partial charge in [-0.2, -0.15) is 0 Å². The number of hydrogen-bond acceptors (Lipinski definition) is 5. The Balaban J connectivity index is 0.00000124. The molecule has 0 amide bonds. The summed E-state index contributed by atoms with van der Waals surface area (Å²) in [7, 11) is 1.00. The lowest BCUT2D eigenvalue weighted by Crippen LogP contribution is -2.22. The first-order valence-electron chi connectivity index (χ1n) is 11.1. The Bertz CT molecular complexity index is 775. The summed E-state index contributed by atoms with van der Waals surface area (Å²) in [5.41, 5.74) is 3.29. The maximum Gasteiger partial charge on any atom is 0.126 e. The van der Waals surface area contributed by atoms with E-state index in [0.717, 1.165) is 62.3 Å². The molecule has 4 rings (SSSR count). The molecule has 1 aromatic carbocycles. The van der Waals surface area contributed by atoms with E-state index in [-0.39, 0.29) is 0 Å². The third-order valence-corrected chi connectivity index (χ3v) is 6.22. The van der Waals surface area contributed by atoms with Crippen LogP contribution in [0.5, 0.6) is 0 Å². The van der Waals surface area contributed by atoms with E-state index in [0.29, 0.717) is 17.0 Å². The molecule has 2 aliphatic rings. The van der Waals surface area contributed by atoms with Gasteiger partial charge in [-0.3, -0.25) is 0 Å². The predicted octanol–water partition coefficient (Wildman–Crippen LogP) is 5.59. The van der Waals surface area contributed by atoms with Crippen LogP contribution in [0.15, 0.2) is 36.5 Å². The molecular formula is C24H34ClN3O2. The number of aliphatic hydroxyl groups is 1. The molecule has 5 nitrogen and oxygen atoms in total. The fraction of sp³-hybridized carbons (Fsp3) is 0.542. The van der Waals surface area contributed by atoms with Crippen molar-refractivity contribution >= 4 is 23.1 Å². The van der Waals surface area contributed by atoms with Gasteiger partial charge in [0.1, 0.15) is 5.82 Å². The van der Waals surface area contributed by atoms with E-state index >= 15 is 0 Å². The zero-order chi connectivity index (χ0) is 21.2. The second-order valence-corrected chi connectivity index (χ2v) is 8.45. The van der Waals surface area contributed by atoms with Gasteiger partial charge in [-0.1, -0.05) is 43.0 Å². The molecule has 1 aromatic heterocycles. The first kappa shape index (κ1) is 22.9. The van der Waals surface area contributed by atoms with Crippen LogP contribution < -0.4 is 10.6 Å². The number of anilines is 2. The molecule has 0 radical (unpaired) electrons. The number of halogens is 1. The summed E-state index contributed by atoms with van der Waals surface area (Å²) in [6, 6.07) is 11.1. The highest BCUT2D eigenvalue weighted by molar-refractivity contribution is 6.33. The van der Waals surface area contributed by atoms with Gasteiger partial charge in [0.15, 0.2) is 0 Å². The van der Waals surface area contributed by atoms with Crippen molar-refractivity contribution in [1.29, 1.82) is 0 Å². The summed E-state index contributed by atoms with van der Waals surface area (Å²) in [5.74, 6) is 1.61. The van der Waals surface area contributed by atoms with Crippen LogP contribution in [0.1, 0.15) is 44.9 Å². The molecule has 0 bridgehead atoms. The number of nitrogens with zero attached hydrogens (tertiary/aromatic N) is 1. The second kappa shape index (κ2) is 12.1. The molecule has 2 heterocycles. The van der Waals surface area contributed by atoms with Crippen molar-refractivity contribution in [2.75, 3.05) is 37.5 Å². The smallest absolute Gasteiger partial charge is 0.126 e. The van der Waals surface area contributed by atoms with Crippen molar-refractivity contribution in [3.05, 3.63) is 41.6 Å². The van der Waals surface area contributed by atoms with Gasteiger partial charge >= 0.3 is 0 Å². The number of benzene rings is 1. The van der Waals surface area contributed by atoms with Crippen molar-refractivity contribution in [2.24, 2.45) is 5.92 Å². The molecule has 1 saturated carbocycles. The van der Waals surface area contributed by atoms with E-state index in [1.807, 2.05) is 0 Å². The van der Waals surface area contributed by atoms with Gasteiger partial charge in [-0.05, 0) is 55.4 Å². The van der Waals surface area contributed by atoms with Gasteiger partial charge in [-0.15, -0.1) is 0 Å². The maximum absolute atomic E-state index is 7.00. The lowest BCUT2D eigenvalue weighted by molar-refractivity contribution is 0.0699. The van der Waals surface area contributed by atoms with E-state index in [1.54, 1.807) is 6.20 Å². The number of nitrogens with one attached hydrogen (secondary N) is 2. The minimum absolute atomic E-state index is 0.530. The van der Waals surface area contributed by atoms with Crippen molar-refractivity contribution in [1.82, 2.24) is 4.98 Å². The van der Waals surface area contributed by atoms with Crippen LogP contribution in [-0.4, -0.2) is 43.0 Å². The number of aliphatic hydroxyl groups excluding tert-OH is 1.